The van der Waals surface area contributed by atoms with Crippen molar-refractivity contribution in [1.29, 1.82) is 0 Å². The Morgan fingerprint density at radius 1 is 1.19 bits per heavy atom. The minimum absolute atomic E-state index is 0.237. The second-order valence-electron chi connectivity index (χ2n) is 6.47. The van der Waals surface area contributed by atoms with E-state index in [4.69, 9.17) is 0 Å². The third kappa shape index (κ3) is 3.61. The van der Waals surface area contributed by atoms with Crippen LogP contribution in [0.4, 0.5) is 11.4 Å². The Kier molecular flexibility index (Phi) is 4.48. The minimum atomic E-state index is -0.518. The highest BCUT2D eigenvalue weighted by Gasteiger charge is 2.18. The van der Waals surface area contributed by atoms with Gasteiger partial charge in [-0.1, -0.05) is 30.3 Å². The summed E-state index contributed by atoms with van der Waals surface area (Å²) < 4.78 is 1.93. The summed E-state index contributed by atoms with van der Waals surface area (Å²) in [6.07, 6.45) is 5.04. The first kappa shape index (κ1) is 17.1. The average Bonchev–Trinajstić information content (AvgIpc) is 3.12. The van der Waals surface area contributed by atoms with Crippen LogP contribution in [-0.4, -0.2) is 20.6 Å². The van der Waals surface area contributed by atoms with Gasteiger partial charge in [-0.25, -0.2) is 4.98 Å². The number of nitrogens with zero attached hydrogens (tertiary/aromatic N) is 3. The Labute approximate surface area is 157 Å². The molecule has 1 aromatic heterocycles. The maximum absolute atomic E-state index is 12.5. The highest BCUT2D eigenvalue weighted by molar-refractivity contribution is 6.02. The molecule has 0 spiro atoms. The highest BCUT2D eigenvalue weighted by Crippen LogP contribution is 2.24. The summed E-state index contributed by atoms with van der Waals surface area (Å²) >= 11 is 0. The van der Waals surface area contributed by atoms with Crippen molar-refractivity contribution in [2.75, 3.05) is 10.2 Å². The van der Waals surface area contributed by atoms with E-state index in [0.717, 1.165) is 22.8 Å². The molecule has 6 heteroatoms. The Morgan fingerprint density at radius 3 is 2.78 bits per heavy atom. The van der Waals surface area contributed by atoms with Gasteiger partial charge in [-0.2, -0.15) is 0 Å². The first-order valence-corrected chi connectivity index (χ1v) is 8.76. The van der Waals surface area contributed by atoms with Gasteiger partial charge >= 0.3 is 0 Å². The molecule has 1 unspecified atom stereocenters. The molecule has 1 aliphatic heterocycles. The first-order chi connectivity index (χ1) is 13.1. The van der Waals surface area contributed by atoms with Crippen molar-refractivity contribution in [3.8, 4) is 0 Å². The van der Waals surface area contributed by atoms with Gasteiger partial charge in [-0.3, -0.25) is 4.79 Å². The van der Waals surface area contributed by atoms with Gasteiger partial charge in [0.15, 0.2) is 0 Å². The van der Waals surface area contributed by atoms with E-state index >= 15 is 0 Å². The normalized spacial score (nSPS) is 13.9. The van der Waals surface area contributed by atoms with E-state index < -0.39 is 6.10 Å². The SMILES string of the molecule is CC(O)c1cccc(N2C=Cc3nc(C(=O)Nc4ccccc4)cn3C2)c1. The van der Waals surface area contributed by atoms with Crippen molar-refractivity contribution >= 4 is 23.4 Å². The van der Waals surface area contributed by atoms with Gasteiger partial charge in [0.05, 0.1) is 6.10 Å². The number of rotatable bonds is 4. The van der Waals surface area contributed by atoms with Gasteiger partial charge in [0.25, 0.3) is 5.91 Å². The molecule has 136 valence electrons. The van der Waals surface area contributed by atoms with Crippen LogP contribution in [0.1, 0.15) is 34.9 Å². The lowest BCUT2D eigenvalue weighted by Crippen LogP contribution is -2.23. The highest BCUT2D eigenvalue weighted by atomic mass is 16.3. The van der Waals surface area contributed by atoms with Crippen LogP contribution in [0.25, 0.3) is 6.08 Å². The lowest BCUT2D eigenvalue weighted by molar-refractivity contribution is 0.102. The van der Waals surface area contributed by atoms with Crippen LogP contribution < -0.4 is 10.2 Å². The Bertz CT molecular complexity index is 992. The predicted octanol–water partition coefficient (Wildman–Crippen LogP) is 3.64. The fourth-order valence-electron chi connectivity index (χ4n) is 3.00. The first-order valence-electron chi connectivity index (χ1n) is 8.76. The maximum atomic E-state index is 12.5. The van der Waals surface area contributed by atoms with Gasteiger partial charge < -0.3 is 19.9 Å². The van der Waals surface area contributed by atoms with E-state index in [1.165, 1.54) is 0 Å². The van der Waals surface area contributed by atoms with Crippen molar-refractivity contribution < 1.29 is 9.90 Å². The molecule has 0 aliphatic carbocycles. The van der Waals surface area contributed by atoms with Crippen molar-refractivity contribution in [1.82, 2.24) is 9.55 Å². The monoisotopic (exact) mass is 360 g/mol. The fraction of sp³-hybridized carbons (Fsp3) is 0.143. The van der Waals surface area contributed by atoms with Crippen LogP contribution in [0.5, 0.6) is 0 Å². The van der Waals surface area contributed by atoms with Gasteiger partial charge in [-0.05, 0) is 42.8 Å². The number of anilines is 2. The molecule has 1 amide bonds. The van der Waals surface area contributed by atoms with E-state index in [1.54, 1.807) is 13.1 Å². The van der Waals surface area contributed by atoms with Crippen LogP contribution in [0, 0.1) is 0 Å². The van der Waals surface area contributed by atoms with E-state index in [1.807, 2.05) is 76.3 Å². The molecule has 0 saturated carbocycles. The molecule has 2 aromatic carbocycles. The number of nitrogens with one attached hydrogen (secondary N) is 1. The second-order valence-corrected chi connectivity index (χ2v) is 6.47. The number of aliphatic hydroxyl groups is 1. The van der Waals surface area contributed by atoms with Crippen LogP contribution >= 0.6 is 0 Å². The number of amides is 1. The van der Waals surface area contributed by atoms with Gasteiger partial charge in [-0.15, -0.1) is 0 Å². The summed E-state index contributed by atoms with van der Waals surface area (Å²) in [5.74, 6) is 0.496. The van der Waals surface area contributed by atoms with Crippen LogP contribution in [0.15, 0.2) is 67.0 Å². The summed E-state index contributed by atoms with van der Waals surface area (Å²) in [6, 6.07) is 17.1. The molecule has 0 fully saturated rings. The molecule has 1 atom stereocenters. The number of hydrogen-bond donors (Lipinski definition) is 2. The topological polar surface area (TPSA) is 70.4 Å². The minimum Gasteiger partial charge on any atom is -0.389 e. The number of aliphatic hydroxyl groups excluding tert-OH is 1. The third-order valence-electron chi connectivity index (χ3n) is 4.46. The molecule has 6 nitrogen and oxygen atoms in total. The molecule has 4 rings (SSSR count). The zero-order chi connectivity index (χ0) is 18.8. The molecular formula is C21H20N4O2. The molecule has 1 aliphatic rings. The van der Waals surface area contributed by atoms with Crippen LogP contribution in [0.3, 0.4) is 0 Å². The zero-order valence-corrected chi connectivity index (χ0v) is 14.9. The molecular weight excluding hydrogens is 340 g/mol. The van der Waals surface area contributed by atoms with Gasteiger partial charge in [0.2, 0.25) is 0 Å². The second kappa shape index (κ2) is 7.09. The number of aromatic nitrogens is 2. The lowest BCUT2D eigenvalue weighted by Gasteiger charge is -2.25. The molecule has 27 heavy (non-hydrogen) atoms. The van der Waals surface area contributed by atoms with E-state index in [0.29, 0.717) is 12.4 Å². The van der Waals surface area contributed by atoms with E-state index in [-0.39, 0.29) is 5.91 Å². The number of benzene rings is 2. The smallest absolute Gasteiger partial charge is 0.275 e. The van der Waals surface area contributed by atoms with E-state index in [9.17, 15) is 9.90 Å². The zero-order valence-electron chi connectivity index (χ0n) is 14.9. The van der Waals surface area contributed by atoms with Gasteiger partial charge in [0.1, 0.15) is 18.2 Å². The average molecular weight is 360 g/mol. The molecule has 3 aromatic rings. The Hall–Kier alpha value is -3.38. The lowest BCUT2D eigenvalue weighted by atomic mass is 10.1. The summed E-state index contributed by atoms with van der Waals surface area (Å²) in [7, 11) is 0. The molecule has 2 heterocycles. The predicted molar refractivity (Wildman–Crippen MR) is 105 cm³/mol. The Morgan fingerprint density at radius 2 is 2.00 bits per heavy atom. The van der Waals surface area contributed by atoms with E-state index in [2.05, 4.69) is 10.3 Å². The van der Waals surface area contributed by atoms with Crippen molar-refractivity contribution in [2.45, 2.75) is 19.7 Å². The number of fused-ring (bicyclic) bond motifs is 1. The quantitative estimate of drug-likeness (QED) is 0.745. The Balaban J connectivity index is 1.52. The summed E-state index contributed by atoms with van der Waals surface area (Å²) in [4.78, 5) is 18.9. The molecule has 0 radical (unpaired) electrons. The number of para-hydroxylation sites is 1. The number of imidazole rings is 1. The summed E-state index contributed by atoms with van der Waals surface area (Å²) in [5.41, 5.74) is 2.94. The maximum Gasteiger partial charge on any atom is 0.275 e. The van der Waals surface area contributed by atoms with Gasteiger partial charge in [0, 0.05) is 23.8 Å². The third-order valence-corrected chi connectivity index (χ3v) is 4.46. The van der Waals surface area contributed by atoms with Crippen molar-refractivity contribution in [2.24, 2.45) is 0 Å². The molecule has 0 bridgehead atoms. The standard InChI is InChI=1S/C21H20N4O2/c1-15(26)16-6-5-9-18(12-16)24-11-10-20-23-19(13-25(20)14-24)21(27)22-17-7-3-2-4-8-17/h2-13,15,26H,14H2,1H3,(H,22,27). The number of carbonyl (C=O) groups is 1. The summed E-state index contributed by atoms with van der Waals surface area (Å²) in [6.45, 7) is 2.29. The van der Waals surface area contributed by atoms with Crippen molar-refractivity contribution in [3.05, 3.63) is 84.1 Å². The molecule has 0 saturated heterocycles. The van der Waals surface area contributed by atoms with Crippen LogP contribution in [-0.2, 0) is 6.67 Å². The summed E-state index contributed by atoms with van der Waals surface area (Å²) in [5, 5.41) is 12.6. The molecule has 2 N–H and O–H groups in total. The largest absolute Gasteiger partial charge is 0.389 e. The van der Waals surface area contributed by atoms with Crippen LogP contribution in [0.2, 0.25) is 0 Å². The van der Waals surface area contributed by atoms with Crippen molar-refractivity contribution in [3.63, 3.8) is 0 Å². The number of hydrogen-bond acceptors (Lipinski definition) is 4. The number of carbonyl (C=O) groups excluding carboxylic acids is 1. The fourth-order valence-corrected chi connectivity index (χ4v) is 3.00.